The smallest absolute Gasteiger partial charge is 2.00 e. The van der Waals surface area contributed by atoms with Crippen LogP contribution in [0.3, 0.4) is 0 Å². The van der Waals surface area contributed by atoms with Gasteiger partial charge in [0.05, 0.1) is 11.8 Å². The maximum Gasteiger partial charge on any atom is 4.00 e. The summed E-state index contributed by atoms with van der Waals surface area (Å²) in [4.78, 5) is 20.9. The number of hydrogen-bond acceptors (Lipinski definition) is 2. The van der Waals surface area contributed by atoms with Crippen LogP contribution in [-0.2, 0) is 42.3 Å². The Labute approximate surface area is 155 Å². The van der Waals surface area contributed by atoms with E-state index < -0.39 is 11.9 Å². The van der Waals surface area contributed by atoms with Crippen LogP contribution >= 0.6 is 0 Å². The van der Waals surface area contributed by atoms with Crippen LogP contribution in [-0.4, -0.2) is 22.2 Å². The molecule has 2 atom stereocenters. The molecule has 0 aromatic carbocycles. The minimum Gasteiger partial charge on any atom is -2.00 e. The van der Waals surface area contributed by atoms with E-state index in [9.17, 15) is 9.59 Å². The number of hydrogen-bond donors (Lipinski definition) is 2. The maximum absolute atomic E-state index is 10.4. The fourth-order valence-electron chi connectivity index (χ4n) is 1.91. The van der Waals surface area contributed by atoms with Gasteiger partial charge in [-0.25, -0.2) is 0 Å². The molecule has 0 saturated heterocycles. The van der Waals surface area contributed by atoms with Crippen molar-refractivity contribution in [2.24, 2.45) is 11.8 Å². The van der Waals surface area contributed by atoms with Gasteiger partial charge < -0.3 is 21.2 Å². The number of rotatable bonds is 10. The van der Waals surface area contributed by atoms with E-state index in [0.29, 0.717) is 0 Å². The Morgan fingerprint density at radius 3 is 1.13 bits per heavy atom. The first-order valence-corrected chi connectivity index (χ1v) is 7.89. The first-order valence-electron chi connectivity index (χ1n) is 7.89. The largest absolute Gasteiger partial charge is 4.00 e. The van der Waals surface area contributed by atoms with Crippen LogP contribution in [0.5, 0.6) is 0 Å². The summed E-state index contributed by atoms with van der Waals surface area (Å²) in [5.74, 6) is -1.51. The molecule has 0 saturated carbocycles. The average molecular weight is 368 g/mol. The Kier molecular flexibility index (Phi) is 35.3. The third-order valence-electron chi connectivity index (χ3n) is 3.50. The fourth-order valence-corrected chi connectivity index (χ4v) is 1.91. The molecule has 0 amide bonds. The van der Waals surface area contributed by atoms with Crippen molar-refractivity contribution in [2.75, 3.05) is 0 Å². The van der Waals surface area contributed by atoms with Crippen molar-refractivity contribution in [3.8, 4) is 0 Å². The summed E-state index contributed by atoms with van der Waals surface area (Å²) < 4.78 is 0. The normalized spacial score (nSPS) is 11.3. The molecule has 0 heterocycles. The Balaban J connectivity index is -0.0000000831. The summed E-state index contributed by atoms with van der Waals surface area (Å²) in [7, 11) is 0. The molecule has 0 rings (SSSR count). The second kappa shape index (κ2) is 23.8. The van der Waals surface area contributed by atoms with E-state index >= 15 is 0 Å². The molecule has 0 bridgehead atoms. The Bertz CT molecular complexity index is 235. The van der Waals surface area contributed by atoms with Crippen LogP contribution in [0.2, 0.25) is 0 Å². The van der Waals surface area contributed by atoms with Crippen LogP contribution in [0.4, 0.5) is 0 Å². The molecule has 0 spiro atoms. The first kappa shape index (κ1) is 34.0. The van der Waals surface area contributed by atoms with Crippen LogP contribution < -0.4 is 0 Å². The number of carboxylic acids is 2. The van der Waals surface area contributed by atoms with E-state index in [2.05, 4.69) is 13.8 Å². The van der Waals surface area contributed by atoms with Gasteiger partial charge in [0.15, 0.2) is 0 Å². The Hall–Kier alpha value is -0.426. The topological polar surface area (TPSA) is 132 Å². The van der Waals surface area contributed by atoms with Crippen molar-refractivity contribution >= 4 is 11.9 Å². The monoisotopic (exact) mass is 368 g/mol. The molecule has 23 heavy (non-hydrogen) atoms. The van der Waals surface area contributed by atoms with Gasteiger partial charge in [0.25, 0.3) is 0 Å². The third kappa shape index (κ3) is 21.6. The third-order valence-corrected chi connectivity index (χ3v) is 3.50. The summed E-state index contributed by atoms with van der Waals surface area (Å²) in [5, 5.41) is 17.2. The zero-order valence-corrected chi connectivity index (χ0v) is 16.4. The summed E-state index contributed by atoms with van der Waals surface area (Å²) in [5.41, 5.74) is 0. The van der Waals surface area contributed by atoms with E-state index in [4.69, 9.17) is 10.2 Å². The quantitative estimate of drug-likeness (QED) is 0.555. The SMILES string of the molecule is CCCCC(CC)C(=O)O.CCCCC(CC)C(=O)O.[O-2].[O-2].[Ti+4]. The second-order valence-electron chi connectivity index (χ2n) is 5.17. The zero-order valence-electron chi connectivity index (χ0n) is 14.8. The molecule has 2 unspecified atom stereocenters. The minimum atomic E-state index is -0.643. The molecule has 7 heteroatoms. The molecule has 0 aromatic heterocycles. The van der Waals surface area contributed by atoms with E-state index in [1.54, 1.807) is 0 Å². The molecular weight excluding hydrogens is 336 g/mol. The van der Waals surface area contributed by atoms with Gasteiger partial charge in [-0.3, -0.25) is 9.59 Å². The van der Waals surface area contributed by atoms with Crippen molar-refractivity contribution in [3.05, 3.63) is 0 Å². The van der Waals surface area contributed by atoms with E-state index in [1.807, 2.05) is 13.8 Å². The number of carbonyl (C=O) groups is 2. The number of aliphatic carboxylic acids is 2. The maximum atomic E-state index is 10.4. The van der Waals surface area contributed by atoms with E-state index in [-0.39, 0.29) is 44.5 Å². The molecule has 0 fully saturated rings. The molecule has 136 valence electrons. The number of carboxylic acid groups (broad SMARTS) is 2. The van der Waals surface area contributed by atoms with E-state index in [0.717, 1.165) is 51.4 Å². The predicted molar refractivity (Wildman–Crippen MR) is 83.3 cm³/mol. The van der Waals surface area contributed by atoms with Crippen LogP contribution in [0, 0.1) is 11.8 Å². The Morgan fingerprint density at radius 1 is 0.739 bits per heavy atom. The second-order valence-corrected chi connectivity index (χ2v) is 5.17. The van der Waals surface area contributed by atoms with E-state index in [1.165, 1.54) is 0 Å². The van der Waals surface area contributed by atoms with Gasteiger partial charge in [0, 0.05) is 0 Å². The van der Waals surface area contributed by atoms with Gasteiger partial charge in [-0.1, -0.05) is 53.4 Å². The standard InChI is InChI=1S/2C8H16O2.2O.Ti/c2*1-3-5-6-7(4-2)8(9)10;;;/h2*7H,3-6H2,1-2H3,(H,9,10);;;/q;;2*-2;+4. The molecule has 2 N–H and O–H groups in total. The molecule has 0 aliphatic rings. The van der Waals surface area contributed by atoms with Crippen molar-refractivity contribution < 1.29 is 52.5 Å². The molecular formula is C16H32O6Ti. The molecule has 0 aliphatic heterocycles. The first-order chi connectivity index (χ1) is 9.44. The predicted octanol–water partition coefficient (Wildman–Crippen LogP) is 4.33. The Morgan fingerprint density at radius 2 is 1.00 bits per heavy atom. The van der Waals surface area contributed by atoms with Crippen LogP contribution in [0.1, 0.15) is 79.1 Å². The summed E-state index contributed by atoms with van der Waals surface area (Å²) in [6.45, 7) is 8.01. The van der Waals surface area contributed by atoms with Gasteiger partial charge in [-0.2, -0.15) is 0 Å². The summed E-state index contributed by atoms with van der Waals surface area (Å²) >= 11 is 0. The van der Waals surface area contributed by atoms with Gasteiger partial charge in [0.2, 0.25) is 0 Å². The van der Waals surface area contributed by atoms with Crippen molar-refractivity contribution in [3.63, 3.8) is 0 Å². The minimum absolute atomic E-state index is 0. The number of unbranched alkanes of at least 4 members (excludes halogenated alkanes) is 2. The van der Waals surface area contributed by atoms with Crippen molar-refractivity contribution in [1.82, 2.24) is 0 Å². The van der Waals surface area contributed by atoms with Crippen molar-refractivity contribution in [1.29, 1.82) is 0 Å². The molecule has 6 nitrogen and oxygen atoms in total. The van der Waals surface area contributed by atoms with Crippen molar-refractivity contribution in [2.45, 2.75) is 79.1 Å². The zero-order chi connectivity index (χ0) is 16.0. The van der Waals surface area contributed by atoms with Gasteiger partial charge in [-0.15, -0.1) is 0 Å². The average Bonchev–Trinajstić information content (AvgIpc) is 2.40. The van der Waals surface area contributed by atoms with Gasteiger partial charge >= 0.3 is 33.7 Å². The van der Waals surface area contributed by atoms with Crippen LogP contribution in [0.25, 0.3) is 0 Å². The molecule has 0 aliphatic carbocycles. The van der Waals surface area contributed by atoms with Crippen LogP contribution in [0.15, 0.2) is 0 Å². The van der Waals surface area contributed by atoms with Gasteiger partial charge in [0.1, 0.15) is 0 Å². The summed E-state index contributed by atoms with van der Waals surface area (Å²) in [6, 6.07) is 0. The van der Waals surface area contributed by atoms with Gasteiger partial charge in [-0.05, 0) is 25.7 Å². The molecule has 0 radical (unpaired) electrons. The fraction of sp³-hybridized carbons (Fsp3) is 0.875. The molecule has 0 aromatic rings. The summed E-state index contributed by atoms with van der Waals surface area (Å²) in [6.07, 6.45) is 7.43.